The average molecular weight is 412 g/mol. The number of benzene rings is 2. The van der Waals surface area contributed by atoms with Crippen LogP contribution in [-0.2, 0) is 11.3 Å². The molecule has 4 rings (SSSR count). The number of hydrogen-bond donors (Lipinski definition) is 1. The zero-order valence-electron chi connectivity index (χ0n) is 15.3. The number of nitrogens with zero attached hydrogens (tertiary/aromatic N) is 2. The monoisotopic (exact) mass is 411 g/mol. The fourth-order valence-corrected chi connectivity index (χ4v) is 5.82. The van der Waals surface area contributed by atoms with Gasteiger partial charge < -0.3 is 10.1 Å². The normalized spacial score (nSPS) is 14.1. The van der Waals surface area contributed by atoms with Gasteiger partial charge in [-0.05, 0) is 18.2 Å². The largest absolute Gasteiger partial charge is 0.483 e. The zero-order valence-corrected chi connectivity index (χ0v) is 16.9. The lowest BCUT2D eigenvalue weighted by Gasteiger charge is -2.15. The van der Waals surface area contributed by atoms with Crippen LogP contribution in [0.5, 0.6) is 5.75 Å². The number of nitrogens with one attached hydrogen (secondary N) is 1. The molecule has 0 atom stereocenters. The van der Waals surface area contributed by atoms with Crippen molar-refractivity contribution in [2.24, 2.45) is 0 Å². The first kappa shape index (κ1) is 19.0. The summed E-state index contributed by atoms with van der Waals surface area (Å²) in [5, 5.41) is 7.24. The van der Waals surface area contributed by atoms with Gasteiger partial charge in [0.05, 0.1) is 16.5 Å². The Labute approximate surface area is 172 Å². The highest BCUT2D eigenvalue weighted by Gasteiger charge is 2.21. The summed E-state index contributed by atoms with van der Waals surface area (Å²) in [6, 6.07) is 17.9. The average Bonchev–Trinajstić information content (AvgIpc) is 3.44. The Morgan fingerprint density at radius 1 is 1.11 bits per heavy atom. The van der Waals surface area contributed by atoms with Gasteiger partial charge >= 0.3 is 0 Å². The van der Waals surface area contributed by atoms with Crippen LogP contribution < -0.4 is 10.1 Å². The quantitative estimate of drug-likeness (QED) is 0.636. The van der Waals surface area contributed by atoms with Crippen LogP contribution >= 0.6 is 23.5 Å². The van der Waals surface area contributed by atoms with Crippen LogP contribution in [0.2, 0.25) is 0 Å². The van der Waals surface area contributed by atoms with Gasteiger partial charge in [-0.3, -0.25) is 4.79 Å². The molecule has 1 saturated heterocycles. The maximum absolute atomic E-state index is 12.2. The van der Waals surface area contributed by atoms with Gasteiger partial charge in [0.25, 0.3) is 5.91 Å². The van der Waals surface area contributed by atoms with Crippen LogP contribution in [0.15, 0.2) is 67.0 Å². The van der Waals surface area contributed by atoms with E-state index in [9.17, 15) is 4.79 Å². The first-order valence-corrected chi connectivity index (χ1v) is 11.2. The molecule has 0 aliphatic carbocycles. The first-order chi connectivity index (χ1) is 13.8. The topological polar surface area (TPSA) is 56.1 Å². The molecule has 1 aliphatic heterocycles. The molecule has 1 N–H and O–H groups in total. The number of carbonyl (C=O) groups is 1. The Morgan fingerprint density at radius 3 is 2.68 bits per heavy atom. The molecule has 7 heteroatoms. The summed E-state index contributed by atoms with van der Waals surface area (Å²) in [7, 11) is 0. The molecule has 2 aromatic carbocycles. The van der Waals surface area contributed by atoms with Crippen LogP contribution in [-0.4, -0.2) is 33.8 Å². The van der Waals surface area contributed by atoms with Crippen molar-refractivity contribution < 1.29 is 9.53 Å². The summed E-state index contributed by atoms with van der Waals surface area (Å²) in [6.07, 6.45) is 3.68. The van der Waals surface area contributed by atoms with Crippen molar-refractivity contribution in [2.45, 2.75) is 11.1 Å². The summed E-state index contributed by atoms with van der Waals surface area (Å²) < 4.78 is 8.00. The Hall–Kier alpha value is -2.38. The molecule has 0 radical (unpaired) electrons. The van der Waals surface area contributed by atoms with E-state index in [-0.39, 0.29) is 12.5 Å². The third-order valence-electron chi connectivity index (χ3n) is 4.30. The summed E-state index contributed by atoms with van der Waals surface area (Å²) in [5.41, 5.74) is 3.09. The second-order valence-electron chi connectivity index (χ2n) is 6.31. The van der Waals surface area contributed by atoms with Crippen LogP contribution in [0, 0.1) is 0 Å². The highest BCUT2D eigenvalue weighted by molar-refractivity contribution is 8.19. The van der Waals surface area contributed by atoms with Crippen molar-refractivity contribution in [3.8, 4) is 11.4 Å². The van der Waals surface area contributed by atoms with E-state index in [1.807, 2.05) is 78.3 Å². The molecular formula is C21H21N3O2S2. The number of amides is 1. The van der Waals surface area contributed by atoms with E-state index in [1.54, 1.807) is 10.9 Å². The molecule has 1 aliphatic rings. The van der Waals surface area contributed by atoms with Gasteiger partial charge in [-0.25, -0.2) is 4.68 Å². The van der Waals surface area contributed by atoms with Crippen molar-refractivity contribution in [1.29, 1.82) is 0 Å². The van der Waals surface area contributed by atoms with Crippen LogP contribution in [0.3, 0.4) is 0 Å². The van der Waals surface area contributed by atoms with Gasteiger partial charge in [-0.2, -0.15) is 5.10 Å². The molecule has 0 unspecified atom stereocenters. The number of aromatic nitrogens is 2. The van der Waals surface area contributed by atoms with E-state index < -0.39 is 0 Å². The number of ether oxygens (including phenoxy) is 1. The Kier molecular flexibility index (Phi) is 6.24. The minimum absolute atomic E-state index is 0.00584. The van der Waals surface area contributed by atoms with E-state index in [4.69, 9.17) is 4.74 Å². The molecule has 144 valence electrons. The smallest absolute Gasteiger partial charge is 0.258 e. The van der Waals surface area contributed by atoms with E-state index in [0.717, 1.165) is 34.1 Å². The highest BCUT2D eigenvalue weighted by atomic mass is 32.2. The zero-order chi connectivity index (χ0) is 19.2. The second kappa shape index (κ2) is 9.21. The molecule has 2 heterocycles. The van der Waals surface area contributed by atoms with Crippen molar-refractivity contribution in [3.63, 3.8) is 0 Å². The fraction of sp³-hybridized carbons (Fsp3) is 0.238. The maximum Gasteiger partial charge on any atom is 0.258 e. The molecule has 1 amide bonds. The molecule has 5 nitrogen and oxygen atoms in total. The Morgan fingerprint density at radius 2 is 1.86 bits per heavy atom. The van der Waals surface area contributed by atoms with Gasteiger partial charge in [0.2, 0.25) is 0 Å². The molecule has 0 spiro atoms. The van der Waals surface area contributed by atoms with Gasteiger partial charge in [0.15, 0.2) is 6.61 Å². The summed E-state index contributed by atoms with van der Waals surface area (Å²) in [4.78, 5) is 12.2. The number of hydrogen-bond acceptors (Lipinski definition) is 5. The number of thioether (sulfide) groups is 2. The molecular weight excluding hydrogens is 390 g/mol. The van der Waals surface area contributed by atoms with Crippen LogP contribution in [0.25, 0.3) is 5.69 Å². The molecule has 28 heavy (non-hydrogen) atoms. The molecule has 1 aromatic heterocycles. The summed E-state index contributed by atoms with van der Waals surface area (Å²) in [6.45, 7) is 0.427. The predicted octanol–water partition coefficient (Wildman–Crippen LogP) is 4.05. The minimum atomic E-state index is -0.144. The summed E-state index contributed by atoms with van der Waals surface area (Å²) >= 11 is 3.85. The van der Waals surface area contributed by atoms with Crippen LogP contribution in [0.4, 0.5) is 0 Å². The first-order valence-electron chi connectivity index (χ1n) is 9.10. The van der Waals surface area contributed by atoms with Gasteiger partial charge in [0, 0.05) is 35.4 Å². The SMILES string of the molecule is O=C(COc1ccccc1C1SCCS1)NCc1cnn(-c2ccccc2)c1. The number of para-hydroxylation sites is 2. The lowest BCUT2D eigenvalue weighted by Crippen LogP contribution is -2.28. The van der Waals surface area contributed by atoms with Crippen molar-refractivity contribution >= 4 is 29.4 Å². The summed E-state index contributed by atoms with van der Waals surface area (Å²) in [5.74, 6) is 2.96. The van der Waals surface area contributed by atoms with E-state index in [2.05, 4.69) is 16.5 Å². The van der Waals surface area contributed by atoms with E-state index >= 15 is 0 Å². The fourth-order valence-electron chi connectivity index (χ4n) is 2.91. The lowest BCUT2D eigenvalue weighted by atomic mass is 10.2. The van der Waals surface area contributed by atoms with Crippen molar-refractivity contribution in [3.05, 3.63) is 78.1 Å². The van der Waals surface area contributed by atoms with Gasteiger partial charge in [0.1, 0.15) is 5.75 Å². The number of carbonyl (C=O) groups excluding carboxylic acids is 1. The van der Waals surface area contributed by atoms with E-state index in [0.29, 0.717) is 11.1 Å². The van der Waals surface area contributed by atoms with Gasteiger partial charge in [-0.15, -0.1) is 23.5 Å². The molecule has 0 bridgehead atoms. The number of rotatable bonds is 7. The second-order valence-corrected chi connectivity index (χ2v) is 9.03. The molecule has 0 saturated carbocycles. The van der Waals surface area contributed by atoms with Crippen molar-refractivity contribution in [2.75, 3.05) is 18.1 Å². The Bertz CT molecular complexity index is 924. The highest BCUT2D eigenvalue weighted by Crippen LogP contribution is 2.48. The van der Waals surface area contributed by atoms with E-state index in [1.165, 1.54) is 0 Å². The van der Waals surface area contributed by atoms with Crippen LogP contribution in [0.1, 0.15) is 15.7 Å². The third-order valence-corrected chi connectivity index (χ3v) is 7.37. The lowest BCUT2D eigenvalue weighted by molar-refractivity contribution is -0.123. The maximum atomic E-state index is 12.2. The Balaban J connectivity index is 1.29. The molecule has 1 fully saturated rings. The minimum Gasteiger partial charge on any atom is -0.483 e. The van der Waals surface area contributed by atoms with Crippen molar-refractivity contribution in [1.82, 2.24) is 15.1 Å². The standard InChI is InChI=1S/C21H21N3O2S2/c25-20(15-26-19-9-5-4-8-18(19)21-27-10-11-28-21)22-12-16-13-23-24(14-16)17-6-2-1-3-7-17/h1-9,13-14,21H,10-12,15H2,(H,22,25). The molecule has 3 aromatic rings. The van der Waals surface area contributed by atoms with Gasteiger partial charge in [-0.1, -0.05) is 36.4 Å². The third kappa shape index (κ3) is 4.72. The predicted molar refractivity (Wildman–Crippen MR) is 115 cm³/mol.